The lowest BCUT2D eigenvalue weighted by Crippen LogP contribution is -2.51. The fourth-order valence-corrected chi connectivity index (χ4v) is 2.99. The largest absolute Gasteiger partial charge is 0.314 e. The summed E-state index contributed by atoms with van der Waals surface area (Å²) in [7, 11) is 0. The molecule has 3 rings (SSSR count). The monoisotopic (exact) mass is 284 g/mol. The molecule has 1 saturated heterocycles. The van der Waals surface area contributed by atoms with Gasteiger partial charge < -0.3 is 5.32 Å². The third kappa shape index (κ3) is 3.71. The minimum atomic E-state index is 0.561. The maximum atomic E-state index is 4.38. The van der Waals surface area contributed by atoms with Crippen molar-refractivity contribution in [3.05, 3.63) is 53.9 Å². The van der Waals surface area contributed by atoms with E-state index < -0.39 is 0 Å². The van der Waals surface area contributed by atoms with Crippen molar-refractivity contribution in [2.24, 2.45) is 0 Å². The van der Waals surface area contributed by atoms with Gasteiger partial charge in [-0.2, -0.15) is 5.10 Å². The molecule has 0 spiro atoms. The smallest absolute Gasteiger partial charge is 0.0534 e. The fourth-order valence-electron chi connectivity index (χ4n) is 2.99. The summed E-state index contributed by atoms with van der Waals surface area (Å²) in [5.74, 6) is 0. The highest BCUT2D eigenvalue weighted by Crippen LogP contribution is 2.14. The minimum absolute atomic E-state index is 0.561. The Labute approximate surface area is 126 Å². The van der Waals surface area contributed by atoms with Crippen molar-refractivity contribution < 1.29 is 0 Å². The van der Waals surface area contributed by atoms with E-state index in [0.717, 1.165) is 39.1 Å². The molecular formula is C17H24N4. The normalized spacial score (nSPS) is 19.8. The molecule has 1 aromatic carbocycles. The molecule has 2 heterocycles. The highest BCUT2D eigenvalue weighted by Gasteiger charge is 2.22. The van der Waals surface area contributed by atoms with Gasteiger partial charge in [-0.05, 0) is 18.9 Å². The molecule has 1 aromatic heterocycles. The maximum Gasteiger partial charge on any atom is 0.0534 e. The van der Waals surface area contributed by atoms with Crippen LogP contribution in [0.15, 0.2) is 42.7 Å². The number of benzene rings is 1. The summed E-state index contributed by atoms with van der Waals surface area (Å²) in [6.45, 7) is 7.31. The van der Waals surface area contributed by atoms with E-state index in [1.54, 1.807) is 0 Å². The molecule has 1 aliphatic heterocycles. The predicted octanol–water partition coefficient (Wildman–Crippen LogP) is 1.92. The van der Waals surface area contributed by atoms with Gasteiger partial charge >= 0.3 is 0 Å². The predicted molar refractivity (Wildman–Crippen MR) is 85.1 cm³/mol. The van der Waals surface area contributed by atoms with Crippen molar-refractivity contribution in [2.75, 3.05) is 19.6 Å². The van der Waals surface area contributed by atoms with Crippen LogP contribution in [0, 0.1) is 0 Å². The molecule has 0 radical (unpaired) electrons. The third-order valence-electron chi connectivity index (χ3n) is 4.18. The molecule has 4 heteroatoms. The Kier molecular flexibility index (Phi) is 4.68. The van der Waals surface area contributed by atoms with E-state index in [1.165, 1.54) is 11.1 Å². The van der Waals surface area contributed by atoms with Crippen LogP contribution in [0.3, 0.4) is 0 Å². The minimum Gasteiger partial charge on any atom is -0.314 e. The lowest BCUT2D eigenvalue weighted by atomic mass is 10.0. The van der Waals surface area contributed by atoms with Gasteiger partial charge in [-0.15, -0.1) is 0 Å². The van der Waals surface area contributed by atoms with Crippen molar-refractivity contribution in [3.8, 4) is 0 Å². The second kappa shape index (κ2) is 6.87. The van der Waals surface area contributed by atoms with Crippen LogP contribution in [0.4, 0.5) is 0 Å². The highest BCUT2D eigenvalue weighted by molar-refractivity contribution is 5.16. The van der Waals surface area contributed by atoms with Crippen LogP contribution in [0.2, 0.25) is 0 Å². The molecule has 0 saturated carbocycles. The van der Waals surface area contributed by atoms with Gasteiger partial charge in [0.1, 0.15) is 0 Å². The number of aromatic nitrogens is 2. The van der Waals surface area contributed by atoms with Gasteiger partial charge in [-0.1, -0.05) is 30.3 Å². The summed E-state index contributed by atoms with van der Waals surface area (Å²) >= 11 is 0. The Hall–Kier alpha value is -1.65. The second-order valence-electron chi connectivity index (χ2n) is 5.72. The van der Waals surface area contributed by atoms with E-state index in [2.05, 4.69) is 58.8 Å². The van der Waals surface area contributed by atoms with Crippen molar-refractivity contribution >= 4 is 0 Å². The summed E-state index contributed by atoms with van der Waals surface area (Å²) < 4.78 is 2.00. The first-order valence-electron chi connectivity index (χ1n) is 7.85. The van der Waals surface area contributed by atoms with E-state index >= 15 is 0 Å². The third-order valence-corrected chi connectivity index (χ3v) is 4.18. The van der Waals surface area contributed by atoms with Gasteiger partial charge in [0, 0.05) is 50.5 Å². The number of rotatable bonds is 5. The Bertz CT molecular complexity index is 549. The Balaban J connectivity index is 1.66. The standard InChI is InChI=1S/C17H24N4/c1-2-21-14-16(11-19-21)13-20-9-8-18-12-17(20)10-15-6-4-3-5-7-15/h3-7,11,14,17-18H,2,8-10,12-13H2,1H3. The zero-order valence-electron chi connectivity index (χ0n) is 12.7. The first-order chi connectivity index (χ1) is 10.3. The van der Waals surface area contributed by atoms with E-state index in [-0.39, 0.29) is 0 Å². The van der Waals surface area contributed by atoms with E-state index in [0.29, 0.717) is 6.04 Å². The van der Waals surface area contributed by atoms with Crippen LogP contribution in [-0.2, 0) is 19.5 Å². The van der Waals surface area contributed by atoms with Crippen LogP contribution >= 0.6 is 0 Å². The number of nitrogens with zero attached hydrogens (tertiary/aromatic N) is 3. The molecule has 1 N–H and O–H groups in total. The number of hydrogen-bond donors (Lipinski definition) is 1. The fraction of sp³-hybridized carbons (Fsp3) is 0.471. The number of aryl methyl sites for hydroxylation is 1. The second-order valence-corrected chi connectivity index (χ2v) is 5.72. The molecular weight excluding hydrogens is 260 g/mol. The van der Waals surface area contributed by atoms with Crippen molar-refractivity contribution in [1.29, 1.82) is 0 Å². The van der Waals surface area contributed by atoms with Crippen molar-refractivity contribution in [3.63, 3.8) is 0 Å². The SMILES string of the molecule is CCn1cc(CN2CCNCC2Cc2ccccc2)cn1. The molecule has 0 bridgehead atoms. The quantitative estimate of drug-likeness (QED) is 0.910. The number of hydrogen-bond acceptors (Lipinski definition) is 3. The van der Waals surface area contributed by atoms with Gasteiger partial charge in [0.2, 0.25) is 0 Å². The van der Waals surface area contributed by atoms with Gasteiger partial charge in [0.15, 0.2) is 0 Å². The summed E-state index contributed by atoms with van der Waals surface area (Å²) in [4.78, 5) is 2.58. The molecule has 1 atom stereocenters. The van der Waals surface area contributed by atoms with Crippen LogP contribution < -0.4 is 5.32 Å². The lowest BCUT2D eigenvalue weighted by Gasteiger charge is -2.36. The van der Waals surface area contributed by atoms with Gasteiger partial charge in [-0.25, -0.2) is 0 Å². The highest BCUT2D eigenvalue weighted by atomic mass is 15.3. The molecule has 112 valence electrons. The van der Waals surface area contributed by atoms with Crippen LogP contribution in [0.5, 0.6) is 0 Å². The average molecular weight is 284 g/mol. The number of piperazine rings is 1. The molecule has 1 unspecified atom stereocenters. The van der Waals surface area contributed by atoms with E-state index in [1.807, 2.05) is 10.9 Å². The summed E-state index contributed by atoms with van der Waals surface area (Å²) in [6, 6.07) is 11.3. The van der Waals surface area contributed by atoms with Gasteiger partial charge in [-0.3, -0.25) is 9.58 Å². The Morgan fingerprint density at radius 3 is 2.86 bits per heavy atom. The van der Waals surface area contributed by atoms with Crippen LogP contribution in [0.25, 0.3) is 0 Å². The molecule has 21 heavy (non-hydrogen) atoms. The lowest BCUT2D eigenvalue weighted by molar-refractivity contribution is 0.152. The first kappa shape index (κ1) is 14.3. The zero-order valence-corrected chi connectivity index (χ0v) is 12.7. The van der Waals surface area contributed by atoms with Crippen molar-refractivity contribution in [1.82, 2.24) is 20.0 Å². The molecule has 2 aromatic rings. The average Bonchev–Trinajstić information content (AvgIpc) is 2.98. The number of nitrogens with one attached hydrogen (secondary N) is 1. The Morgan fingerprint density at radius 1 is 1.24 bits per heavy atom. The molecule has 4 nitrogen and oxygen atoms in total. The van der Waals surface area contributed by atoms with Gasteiger partial charge in [0.25, 0.3) is 0 Å². The maximum absolute atomic E-state index is 4.38. The zero-order chi connectivity index (χ0) is 14.5. The molecule has 0 amide bonds. The van der Waals surface area contributed by atoms with E-state index in [4.69, 9.17) is 0 Å². The molecule has 1 aliphatic rings. The summed E-state index contributed by atoms with van der Waals surface area (Å²) in [6.07, 6.45) is 5.28. The van der Waals surface area contributed by atoms with Crippen LogP contribution in [0.1, 0.15) is 18.1 Å². The molecule has 0 aliphatic carbocycles. The van der Waals surface area contributed by atoms with Crippen LogP contribution in [-0.4, -0.2) is 40.4 Å². The van der Waals surface area contributed by atoms with E-state index in [9.17, 15) is 0 Å². The topological polar surface area (TPSA) is 33.1 Å². The first-order valence-corrected chi connectivity index (χ1v) is 7.85. The summed E-state index contributed by atoms with van der Waals surface area (Å²) in [5.41, 5.74) is 2.73. The Morgan fingerprint density at radius 2 is 2.10 bits per heavy atom. The molecule has 1 fully saturated rings. The van der Waals surface area contributed by atoms with Gasteiger partial charge in [0.05, 0.1) is 6.20 Å². The van der Waals surface area contributed by atoms with Crippen molar-refractivity contribution in [2.45, 2.75) is 32.5 Å². The summed E-state index contributed by atoms with van der Waals surface area (Å²) in [5, 5.41) is 7.91.